The van der Waals surface area contributed by atoms with Gasteiger partial charge in [-0.25, -0.2) is 4.79 Å². The lowest BCUT2D eigenvalue weighted by Crippen LogP contribution is -2.32. The molecule has 0 radical (unpaired) electrons. The SMILES string of the molecule is CC(C)NC(=O)OCC(=O)c1ccc(Oc2ccccc2)cc1. The van der Waals surface area contributed by atoms with Gasteiger partial charge in [-0.15, -0.1) is 0 Å². The monoisotopic (exact) mass is 313 g/mol. The van der Waals surface area contributed by atoms with Crippen LogP contribution in [0.2, 0.25) is 0 Å². The molecule has 1 amide bonds. The molecule has 23 heavy (non-hydrogen) atoms. The van der Waals surface area contributed by atoms with Crippen molar-refractivity contribution < 1.29 is 19.1 Å². The van der Waals surface area contributed by atoms with Gasteiger partial charge in [0.15, 0.2) is 12.4 Å². The molecule has 0 heterocycles. The molecule has 5 heteroatoms. The highest BCUT2D eigenvalue weighted by atomic mass is 16.6. The number of hydrogen-bond acceptors (Lipinski definition) is 4. The van der Waals surface area contributed by atoms with Crippen molar-refractivity contribution in [3.05, 3.63) is 60.2 Å². The second kappa shape index (κ2) is 7.98. The van der Waals surface area contributed by atoms with E-state index in [0.29, 0.717) is 11.3 Å². The molecule has 0 bridgehead atoms. The van der Waals surface area contributed by atoms with Crippen LogP contribution in [0.15, 0.2) is 54.6 Å². The highest BCUT2D eigenvalue weighted by Gasteiger charge is 2.10. The fourth-order valence-corrected chi connectivity index (χ4v) is 1.83. The number of amides is 1. The predicted molar refractivity (Wildman–Crippen MR) is 86.9 cm³/mol. The Labute approximate surface area is 135 Å². The van der Waals surface area contributed by atoms with Gasteiger partial charge in [0.1, 0.15) is 11.5 Å². The molecule has 120 valence electrons. The molecular formula is C18H19NO4. The van der Waals surface area contributed by atoms with Crippen LogP contribution >= 0.6 is 0 Å². The van der Waals surface area contributed by atoms with Crippen LogP contribution in [0.25, 0.3) is 0 Å². The van der Waals surface area contributed by atoms with Gasteiger partial charge in [-0.2, -0.15) is 0 Å². The third-order valence-electron chi connectivity index (χ3n) is 2.90. The highest BCUT2D eigenvalue weighted by molar-refractivity contribution is 5.97. The maximum absolute atomic E-state index is 12.0. The minimum atomic E-state index is -0.600. The first-order valence-corrected chi connectivity index (χ1v) is 7.34. The Morgan fingerprint density at radius 1 is 0.957 bits per heavy atom. The van der Waals surface area contributed by atoms with Gasteiger partial charge < -0.3 is 14.8 Å². The molecule has 0 aliphatic carbocycles. The van der Waals surface area contributed by atoms with Crippen molar-refractivity contribution in [2.75, 3.05) is 6.61 Å². The largest absolute Gasteiger partial charge is 0.457 e. The molecule has 0 atom stereocenters. The van der Waals surface area contributed by atoms with Crippen LogP contribution in [0, 0.1) is 0 Å². The Kier molecular flexibility index (Phi) is 5.74. The molecule has 2 aromatic carbocycles. The molecule has 0 spiro atoms. The second-order valence-corrected chi connectivity index (χ2v) is 5.24. The number of benzene rings is 2. The number of ether oxygens (including phenoxy) is 2. The number of para-hydroxylation sites is 1. The fraction of sp³-hybridized carbons (Fsp3) is 0.222. The molecule has 2 rings (SSSR count). The molecule has 0 saturated carbocycles. The molecule has 0 saturated heterocycles. The average molecular weight is 313 g/mol. The Morgan fingerprint density at radius 2 is 1.57 bits per heavy atom. The van der Waals surface area contributed by atoms with E-state index in [-0.39, 0.29) is 18.4 Å². The number of rotatable bonds is 6. The number of alkyl carbamates (subject to hydrolysis) is 1. The van der Waals surface area contributed by atoms with E-state index >= 15 is 0 Å². The second-order valence-electron chi connectivity index (χ2n) is 5.24. The summed E-state index contributed by atoms with van der Waals surface area (Å²) in [7, 11) is 0. The van der Waals surface area contributed by atoms with Crippen molar-refractivity contribution in [3.63, 3.8) is 0 Å². The van der Waals surface area contributed by atoms with Gasteiger partial charge in [0, 0.05) is 11.6 Å². The first kappa shape index (κ1) is 16.5. The lowest BCUT2D eigenvalue weighted by molar-refractivity contribution is 0.0840. The third kappa shape index (κ3) is 5.47. The lowest BCUT2D eigenvalue weighted by atomic mass is 10.1. The minimum absolute atomic E-state index is 0.0352. The zero-order valence-corrected chi connectivity index (χ0v) is 13.1. The molecule has 0 fully saturated rings. The smallest absolute Gasteiger partial charge is 0.407 e. The number of nitrogens with one attached hydrogen (secondary N) is 1. The third-order valence-corrected chi connectivity index (χ3v) is 2.90. The molecule has 1 N–H and O–H groups in total. The lowest BCUT2D eigenvalue weighted by Gasteiger charge is -2.09. The summed E-state index contributed by atoms with van der Waals surface area (Å²) in [5.41, 5.74) is 0.461. The fourth-order valence-electron chi connectivity index (χ4n) is 1.83. The van der Waals surface area contributed by atoms with Gasteiger partial charge in [-0.1, -0.05) is 18.2 Å². The topological polar surface area (TPSA) is 64.6 Å². The average Bonchev–Trinajstić information content (AvgIpc) is 2.54. The summed E-state index contributed by atoms with van der Waals surface area (Å²) in [4.78, 5) is 23.3. The zero-order valence-electron chi connectivity index (χ0n) is 13.1. The van der Waals surface area contributed by atoms with Crippen molar-refractivity contribution >= 4 is 11.9 Å². The number of hydrogen-bond donors (Lipinski definition) is 1. The van der Waals surface area contributed by atoms with E-state index < -0.39 is 6.09 Å². The summed E-state index contributed by atoms with van der Waals surface area (Å²) in [6, 6.07) is 16.0. The normalized spacial score (nSPS) is 10.2. The van der Waals surface area contributed by atoms with Crippen LogP contribution in [0.1, 0.15) is 24.2 Å². The van der Waals surface area contributed by atoms with Gasteiger partial charge in [0.2, 0.25) is 0 Å². The number of carbonyl (C=O) groups is 2. The van der Waals surface area contributed by atoms with Crippen molar-refractivity contribution in [2.24, 2.45) is 0 Å². The van der Waals surface area contributed by atoms with E-state index in [0.717, 1.165) is 5.75 Å². The van der Waals surface area contributed by atoms with Gasteiger partial charge in [-0.3, -0.25) is 4.79 Å². The Bertz CT molecular complexity index is 650. The van der Waals surface area contributed by atoms with Crippen LogP contribution in [0.4, 0.5) is 4.79 Å². The Hall–Kier alpha value is -2.82. The van der Waals surface area contributed by atoms with Gasteiger partial charge >= 0.3 is 6.09 Å². The number of Topliss-reactive ketones (excluding diaryl/α,β-unsaturated/α-hetero) is 1. The highest BCUT2D eigenvalue weighted by Crippen LogP contribution is 2.21. The van der Waals surface area contributed by atoms with Crippen LogP contribution in [-0.4, -0.2) is 24.5 Å². The minimum Gasteiger partial charge on any atom is -0.457 e. The molecule has 0 aliphatic heterocycles. The first-order chi connectivity index (χ1) is 11.0. The van der Waals surface area contributed by atoms with E-state index in [9.17, 15) is 9.59 Å². The van der Waals surface area contributed by atoms with E-state index in [1.807, 2.05) is 44.2 Å². The summed E-state index contributed by atoms with van der Waals surface area (Å²) >= 11 is 0. The van der Waals surface area contributed by atoms with E-state index in [1.54, 1.807) is 24.3 Å². The molecule has 0 unspecified atom stereocenters. The quantitative estimate of drug-likeness (QED) is 0.824. The maximum atomic E-state index is 12.0. The number of ketones is 1. The maximum Gasteiger partial charge on any atom is 0.407 e. The van der Waals surface area contributed by atoms with E-state index in [2.05, 4.69) is 5.32 Å². The zero-order chi connectivity index (χ0) is 16.7. The summed E-state index contributed by atoms with van der Waals surface area (Å²) in [5.74, 6) is 1.08. The van der Waals surface area contributed by atoms with Crippen molar-refractivity contribution in [1.82, 2.24) is 5.32 Å². The van der Waals surface area contributed by atoms with Crippen molar-refractivity contribution in [1.29, 1.82) is 0 Å². The summed E-state index contributed by atoms with van der Waals surface area (Å²) in [5, 5.41) is 2.55. The van der Waals surface area contributed by atoms with Crippen molar-refractivity contribution in [3.8, 4) is 11.5 Å². The van der Waals surface area contributed by atoms with Gasteiger partial charge in [0.05, 0.1) is 0 Å². The Morgan fingerprint density at radius 3 is 2.17 bits per heavy atom. The molecule has 0 aliphatic rings. The van der Waals surface area contributed by atoms with Crippen LogP contribution in [-0.2, 0) is 4.74 Å². The van der Waals surface area contributed by atoms with E-state index in [1.165, 1.54) is 0 Å². The van der Waals surface area contributed by atoms with E-state index in [4.69, 9.17) is 9.47 Å². The molecule has 0 aromatic heterocycles. The van der Waals surface area contributed by atoms with Crippen LogP contribution < -0.4 is 10.1 Å². The summed E-state index contributed by atoms with van der Waals surface area (Å²) in [6.07, 6.45) is -0.600. The Balaban J connectivity index is 1.89. The van der Waals surface area contributed by atoms with Gasteiger partial charge in [-0.05, 0) is 50.2 Å². The summed E-state index contributed by atoms with van der Waals surface area (Å²) < 4.78 is 10.5. The first-order valence-electron chi connectivity index (χ1n) is 7.34. The van der Waals surface area contributed by atoms with Crippen molar-refractivity contribution in [2.45, 2.75) is 19.9 Å². The van der Waals surface area contributed by atoms with Gasteiger partial charge in [0.25, 0.3) is 0 Å². The molecule has 5 nitrogen and oxygen atoms in total. The summed E-state index contributed by atoms with van der Waals surface area (Å²) in [6.45, 7) is 3.33. The standard InChI is InChI=1S/C18H19NO4/c1-13(2)19-18(21)22-12-17(20)14-8-10-16(11-9-14)23-15-6-4-3-5-7-15/h3-11,13H,12H2,1-2H3,(H,19,21). The molecular weight excluding hydrogens is 294 g/mol. The van der Waals surface area contributed by atoms with Crippen LogP contribution in [0.3, 0.4) is 0 Å². The number of carbonyl (C=O) groups excluding carboxylic acids is 2. The molecule has 2 aromatic rings. The van der Waals surface area contributed by atoms with Crippen LogP contribution in [0.5, 0.6) is 11.5 Å². The predicted octanol–water partition coefficient (Wildman–Crippen LogP) is 3.80.